The fraction of sp³-hybridized carbons (Fsp3) is 0.562. The van der Waals surface area contributed by atoms with E-state index in [1.54, 1.807) is 0 Å². The summed E-state index contributed by atoms with van der Waals surface area (Å²) >= 11 is 0. The smallest absolute Gasteiger partial charge is 0.248 e. The molecule has 1 amide bonds. The second kappa shape index (κ2) is 8.02. The lowest BCUT2D eigenvalue weighted by molar-refractivity contribution is -0.137. The molecule has 1 N–H and O–H groups in total. The van der Waals surface area contributed by atoms with Gasteiger partial charge in [0.05, 0.1) is 6.61 Å². The van der Waals surface area contributed by atoms with Crippen LogP contribution < -0.4 is 5.32 Å². The van der Waals surface area contributed by atoms with E-state index in [1.165, 1.54) is 5.56 Å². The van der Waals surface area contributed by atoms with Gasteiger partial charge in [0.1, 0.15) is 6.61 Å². The van der Waals surface area contributed by atoms with Crippen LogP contribution in [0.2, 0.25) is 0 Å². The number of piperidine rings is 1. The standard InChI is InChI=1S/C16H24N2O2/c1-17-15-7-10-18(11-8-15)16(19)13-20-12-9-14-5-3-2-4-6-14/h2-6,15,17H,7-13H2,1H3. The summed E-state index contributed by atoms with van der Waals surface area (Å²) < 4.78 is 5.50. The molecule has 1 heterocycles. The monoisotopic (exact) mass is 276 g/mol. The highest BCUT2D eigenvalue weighted by Crippen LogP contribution is 2.10. The Bertz CT molecular complexity index is 400. The Morgan fingerprint density at radius 2 is 2.00 bits per heavy atom. The zero-order valence-corrected chi connectivity index (χ0v) is 12.2. The molecule has 110 valence electrons. The van der Waals surface area contributed by atoms with Crippen LogP contribution in [0.15, 0.2) is 30.3 Å². The number of likely N-dealkylation sites (tertiary alicyclic amines) is 1. The first-order chi connectivity index (χ1) is 9.79. The topological polar surface area (TPSA) is 41.6 Å². The van der Waals surface area contributed by atoms with Gasteiger partial charge in [-0.3, -0.25) is 4.79 Å². The van der Waals surface area contributed by atoms with Gasteiger partial charge in [0.2, 0.25) is 5.91 Å². The van der Waals surface area contributed by atoms with Gasteiger partial charge in [-0.25, -0.2) is 0 Å². The number of nitrogens with one attached hydrogen (secondary N) is 1. The summed E-state index contributed by atoms with van der Waals surface area (Å²) in [5.41, 5.74) is 1.25. The number of hydrogen-bond acceptors (Lipinski definition) is 3. The van der Waals surface area contributed by atoms with Crippen molar-refractivity contribution in [3.05, 3.63) is 35.9 Å². The number of amides is 1. The van der Waals surface area contributed by atoms with Crippen LogP contribution in [-0.4, -0.2) is 50.2 Å². The molecule has 0 radical (unpaired) electrons. The van der Waals surface area contributed by atoms with Crippen LogP contribution in [0.1, 0.15) is 18.4 Å². The minimum atomic E-state index is 0.118. The van der Waals surface area contributed by atoms with Crippen molar-refractivity contribution in [2.75, 3.05) is 33.4 Å². The average molecular weight is 276 g/mol. The highest BCUT2D eigenvalue weighted by molar-refractivity contribution is 5.77. The number of ether oxygens (including phenoxy) is 1. The lowest BCUT2D eigenvalue weighted by atomic mass is 10.1. The van der Waals surface area contributed by atoms with Gasteiger partial charge in [-0.15, -0.1) is 0 Å². The second-order valence-electron chi connectivity index (χ2n) is 5.23. The SMILES string of the molecule is CNC1CCN(C(=O)COCCc2ccccc2)CC1. The van der Waals surface area contributed by atoms with Gasteiger partial charge < -0.3 is 15.0 Å². The third-order valence-electron chi connectivity index (χ3n) is 3.86. The van der Waals surface area contributed by atoms with Crippen molar-refractivity contribution >= 4 is 5.91 Å². The van der Waals surface area contributed by atoms with E-state index in [2.05, 4.69) is 17.4 Å². The summed E-state index contributed by atoms with van der Waals surface area (Å²) in [5, 5.41) is 3.26. The molecule has 1 fully saturated rings. The van der Waals surface area contributed by atoms with Crippen molar-refractivity contribution in [1.29, 1.82) is 0 Å². The molecular weight excluding hydrogens is 252 g/mol. The van der Waals surface area contributed by atoms with Crippen LogP contribution in [0.4, 0.5) is 0 Å². The molecule has 20 heavy (non-hydrogen) atoms. The Labute approximate surface area is 121 Å². The van der Waals surface area contributed by atoms with E-state index < -0.39 is 0 Å². The van der Waals surface area contributed by atoms with Gasteiger partial charge in [0, 0.05) is 19.1 Å². The van der Waals surface area contributed by atoms with Gasteiger partial charge in [-0.05, 0) is 31.9 Å². The Hall–Kier alpha value is -1.39. The fourth-order valence-corrected chi connectivity index (χ4v) is 2.50. The van der Waals surface area contributed by atoms with Crippen LogP contribution in [-0.2, 0) is 16.0 Å². The molecule has 1 aromatic rings. The fourth-order valence-electron chi connectivity index (χ4n) is 2.50. The molecule has 0 bridgehead atoms. The summed E-state index contributed by atoms with van der Waals surface area (Å²) in [6.45, 7) is 2.48. The summed E-state index contributed by atoms with van der Waals surface area (Å²) in [7, 11) is 1.98. The number of benzene rings is 1. The van der Waals surface area contributed by atoms with Crippen LogP contribution in [0.25, 0.3) is 0 Å². The summed E-state index contributed by atoms with van der Waals surface area (Å²) in [6.07, 6.45) is 2.93. The minimum Gasteiger partial charge on any atom is -0.371 e. The lowest BCUT2D eigenvalue weighted by Crippen LogP contribution is -2.45. The Balaban J connectivity index is 1.61. The largest absolute Gasteiger partial charge is 0.371 e. The number of hydrogen-bond donors (Lipinski definition) is 1. The molecule has 1 saturated heterocycles. The molecule has 1 aromatic carbocycles. The van der Waals surface area contributed by atoms with Crippen LogP contribution in [0, 0.1) is 0 Å². The number of carbonyl (C=O) groups excluding carboxylic acids is 1. The second-order valence-corrected chi connectivity index (χ2v) is 5.23. The van der Waals surface area contributed by atoms with Gasteiger partial charge in [0.25, 0.3) is 0 Å². The van der Waals surface area contributed by atoms with Crippen molar-refractivity contribution in [2.45, 2.75) is 25.3 Å². The Morgan fingerprint density at radius 1 is 1.30 bits per heavy atom. The molecule has 4 nitrogen and oxygen atoms in total. The molecule has 4 heteroatoms. The van der Waals surface area contributed by atoms with Gasteiger partial charge in [-0.2, -0.15) is 0 Å². The number of carbonyl (C=O) groups is 1. The molecule has 2 rings (SSSR count). The van der Waals surface area contributed by atoms with Gasteiger partial charge in [0.15, 0.2) is 0 Å². The number of rotatable bonds is 6. The number of nitrogens with zero attached hydrogens (tertiary/aromatic N) is 1. The van der Waals surface area contributed by atoms with E-state index in [9.17, 15) is 4.79 Å². The third-order valence-corrected chi connectivity index (χ3v) is 3.86. The van der Waals surface area contributed by atoms with Gasteiger partial charge >= 0.3 is 0 Å². The first-order valence-corrected chi connectivity index (χ1v) is 7.36. The van der Waals surface area contributed by atoms with E-state index in [1.807, 2.05) is 30.1 Å². The molecular formula is C16H24N2O2. The van der Waals surface area contributed by atoms with E-state index in [0.717, 1.165) is 32.4 Å². The van der Waals surface area contributed by atoms with Crippen LogP contribution in [0.3, 0.4) is 0 Å². The molecule has 0 atom stereocenters. The zero-order valence-electron chi connectivity index (χ0n) is 12.2. The Kier molecular flexibility index (Phi) is 6.02. The van der Waals surface area contributed by atoms with Crippen molar-refractivity contribution in [1.82, 2.24) is 10.2 Å². The lowest BCUT2D eigenvalue weighted by Gasteiger charge is -2.31. The molecule has 0 spiro atoms. The minimum absolute atomic E-state index is 0.118. The third kappa shape index (κ3) is 4.62. The van der Waals surface area contributed by atoms with Crippen molar-refractivity contribution in [3.63, 3.8) is 0 Å². The highest BCUT2D eigenvalue weighted by atomic mass is 16.5. The highest BCUT2D eigenvalue weighted by Gasteiger charge is 2.21. The normalized spacial score (nSPS) is 16.4. The maximum absolute atomic E-state index is 12.0. The van der Waals surface area contributed by atoms with Crippen LogP contribution >= 0.6 is 0 Å². The molecule has 1 aliphatic rings. The molecule has 0 aromatic heterocycles. The Morgan fingerprint density at radius 3 is 2.65 bits per heavy atom. The summed E-state index contributed by atoms with van der Waals surface area (Å²) in [5.74, 6) is 0.118. The van der Waals surface area contributed by atoms with Gasteiger partial charge in [-0.1, -0.05) is 30.3 Å². The van der Waals surface area contributed by atoms with Crippen LogP contribution in [0.5, 0.6) is 0 Å². The van der Waals surface area contributed by atoms with E-state index >= 15 is 0 Å². The average Bonchev–Trinajstić information content (AvgIpc) is 2.52. The van der Waals surface area contributed by atoms with Crippen molar-refractivity contribution in [3.8, 4) is 0 Å². The quantitative estimate of drug-likeness (QED) is 0.800. The first kappa shape index (κ1) is 15.0. The molecule has 1 aliphatic heterocycles. The van der Waals surface area contributed by atoms with Crippen molar-refractivity contribution in [2.24, 2.45) is 0 Å². The van der Waals surface area contributed by atoms with Crippen molar-refractivity contribution < 1.29 is 9.53 Å². The molecule has 0 saturated carbocycles. The summed E-state index contributed by atoms with van der Waals surface area (Å²) in [4.78, 5) is 13.9. The van der Waals surface area contributed by atoms with E-state index in [4.69, 9.17) is 4.74 Å². The van der Waals surface area contributed by atoms with E-state index in [-0.39, 0.29) is 12.5 Å². The maximum atomic E-state index is 12.0. The summed E-state index contributed by atoms with van der Waals surface area (Å²) in [6, 6.07) is 10.8. The first-order valence-electron chi connectivity index (χ1n) is 7.36. The molecule has 0 aliphatic carbocycles. The predicted molar refractivity (Wildman–Crippen MR) is 79.6 cm³/mol. The zero-order chi connectivity index (χ0) is 14.2. The molecule has 0 unspecified atom stereocenters. The predicted octanol–water partition coefficient (Wildman–Crippen LogP) is 1.46. The van der Waals surface area contributed by atoms with E-state index in [0.29, 0.717) is 12.6 Å². The maximum Gasteiger partial charge on any atom is 0.248 e.